The maximum absolute atomic E-state index is 12.6. The van der Waals surface area contributed by atoms with Crippen molar-refractivity contribution < 1.29 is 23.9 Å². The van der Waals surface area contributed by atoms with E-state index in [4.69, 9.17) is 9.47 Å². The molecule has 0 fully saturated rings. The van der Waals surface area contributed by atoms with Gasteiger partial charge in [-0.3, -0.25) is 14.4 Å². The van der Waals surface area contributed by atoms with Gasteiger partial charge in [-0.1, -0.05) is 6.07 Å². The quantitative estimate of drug-likeness (QED) is 0.484. The van der Waals surface area contributed by atoms with Crippen LogP contribution in [0, 0.1) is 0 Å². The molecule has 7 heteroatoms. The van der Waals surface area contributed by atoms with Crippen molar-refractivity contribution in [3.05, 3.63) is 45.9 Å². The van der Waals surface area contributed by atoms with E-state index in [9.17, 15) is 14.4 Å². The number of hydrogen-bond acceptors (Lipinski definition) is 6. The molecule has 0 aromatic carbocycles. The molecular formula is C16H15NO5S. The highest BCUT2D eigenvalue weighted by molar-refractivity contribution is 7.12. The molecule has 0 saturated heterocycles. The smallest absolute Gasteiger partial charge is 0.329 e. The molecule has 3 heterocycles. The predicted molar refractivity (Wildman–Crippen MR) is 82.5 cm³/mol. The Hall–Kier alpha value is -2.41. The van der Waals surface area contributed by atoms with Crippen molar-refractivity contribution in [2.45, 2.75) is 18.4 Å². The average Bonchev–Trinajstić information content (AvgIpc) is 3.28. The summed E-state index contributed by atoms with van der Waals surface area (Å²) in [7, 11) is 2.46. The summed E-state index contributed by atoms with van der Waals surface area (Å²) in [5, 5.41) is 1.83. The van der Waals surface area contributed by atoms with E-state index in [1.165, 1.54) is 25.6 Å². The fourth-order valence-electron chi connectivity index (χ4n) is 3.07. The van der Waals surface area contributed by atoms with Gasteiger partial charge in [0.15, 0.2) is 0 Å². The standard InChI is InChI=1S/C16H15NO5S/c1-21-14(19)16(15(20)22-2)7-8-17-10(5-6-12(16)17)13(18)11-4-3-9-23-11/h3-6,9H,7-8H2,1-2H3. The lowest BCUT2D eigenvalue weighted by atomic mass is 9.83. The molecule has 2 aromatic heterocycles. The molecule has 120 valence electrons. The Balaban J connectivity index is 2.09. The van der Waals surface area contributed by atoms with Crippen LogP contribution >= 0.6 is 11.3 Å². The van der Waals surface area contributed by atoms with E-state index in [1.54, 1.807) is 28.8 Å². The van der Waals surface area contributed by atoms with Crippen LogP contribution in [0.25, 0.3) is 0 Å². The van der Waals surface area contributed by atoms with Crippen molar-refractivity contribution in [1.29, 1.82) is 0 Å². The number of nitrogens with zero attached hydrogens (tertiary/aromatic N) is 1. The van der Waals surface area contributed by atoms with Gasteiger partial charge in [0.2, 0.25) is 11.2 Å². The van der Waals surface area contributed by atoms with Gasteiger partial charge < -0.3 is 14.0 Å². The van der Waals surface area contributed by atoms with Gasteiger partial charge in [0.1, 0.15) is 0 Å². The van der Waals surface area contributed by atoms with Crippen LogP contribution in [-0.4, -0.2) is 36.5 Å². The lowest BCUT2D eigenvalue weighted by molar-refractivity contribution is -0.161. The maximum Gasteiger partial charge on any atom is 0.329 e. The summed E-state index contributed by atoms with van der Waals surface area (Å²) in [5.74, 6) is -1.47. The van der Waals surface area contributed by atoms with E-state index in [0.29, 0.717) is 22.8 Å². The van der Waals surface area contributed by atoms with E-state index in [-0.39, 0.29) is 12.2 Å². The normalized spacial score (nSPS) is 15.0. The topological polar surface area (TPSA) is 74.6 Å². The third-order valence-corrected chi connectivity index (χ3v) is 5.04. The predicted octanol–water partition coefficient (Wildman–Crippen LogP) is 1.77. The second-order valence-corrected chi connectivity index (χ2v) is 6.15. The van der Waals surface area contributed by atoms with Gasteiger partial charge in [0, 0.05) is 12.2 Å². The number of ketones is 1. The number of aromatic nitrogens is 1. The molecule has 0 aliphatic carbocycles. The molecule has 0 spiro atoms. The fraction of sp³-hybridized carbons (Fsp3) is 0.312. The summed E-state index contributed by atoms with van der Waals surface area (Å²) >= 11 is 1.35. The summed E-state index contributed by atoms with van der Waals surface area (Å²) in [5.41, 5.74) is -0.606. The number of carbonyl (C=O) groups excluding carboxylic acids is 3. The number of thiophene rings is 1. The number of ether oxygens (including phenoxy) is 2. The molecule has 0 radical (unpaired) electrons. The lowest BCUT2D eigenvalue weighted by Crippen LogP contribution is -2.43. The highest BCUT2D eigenvalue weighted by Crippen LogP contribution is 2.39. The minimum Gasteiger partial charge on any atom is -0.468 e. The summed E-state index contributed by atoms with van der Waals surface area (Å²) in [4.78, 5) is 37.8. The first-order valence-electron chi connectivity index (χ1n) is 7.01. The number of fused-ring (bicyclic) bond motifs is 1. The number of rotatable bonds is 4. The van der Waals surface area contributed by atoms with Crippen LogP contribution in [0.3, 0.4) is 0 Å². The van der Waals surface area contributed by atoms with Gasteiger partial charge in [-0.05, 0) is 30.0 Å². The van der Waals surface area contributed by atoms with E-state index >= 15 is 0 Å². The lowest BCUT2D eigenvalue weighted by Gasteiger charge is -2.22. The summed E-state index contributed by atoms with van der Waals surface area (Å²) in [6.45, 7) is 0.374. The zero-order valence-corrected chi connectivity index (χ0v) is 13.5. The Morgan fingerprint density at radius 1 is 1.13 bits per heavy atom. The van der Waals surface area contributed by atoms with Gasteiger partial charge >= 0.3 is 11.9 Å². The number of hydrogen-bond donors (Lipinski definition) is 0. The largest absolute Gasteiger partial charge is 0.468 e. The van der Waals surface area contributed by atoms with Gasteiger partial charge in [-0.15, -0.1) is 11.3 Å². The van der Waals surface area contributed by atoms with E-state index in [2.05, 4.69) is 0 Å². The SMILES string of the molecule is COC(=O)C1(C(=O)OC)CCn2c(C(=O)c3cccs3)ccc21. The van der Waals surface area contributed by atoms with Crippen LogP contribution in [0.15, 0.2) is 29.6 Å². The van der Waals surface area contributed by atoms with Crippen LogP contribution in [0.1, 0.15) is 27.5 Å². The molecule has 0 bridgehead atoms. The monoisotopic (exact) mass is 333 g/mol. The zero-order valence-electron chi connectivity index (χ0n) is 12.7. The Labute approximate surface area is 136 Å². The van der Waals surface area contributed by atoms with Crippen LogP contribution in [0.2, 0.25) is 0 Å². The average molecular weight is 333 g/mol. The second kappa shape index (κ2) is 5.66. The van der Waals surface area contributed by atoms with Gasteiger partial charge in [0.05, 0.1) is 24.8 Å². The van der Waals surface area contributed by atoms with Crippen LogP contribution < -0.4 is 0 Å². The Kier molecular flexibility index (Phi) is 3.81. The second-order valence-electron chi connectivity index (χ2n) is 5.20. The maximum atomic E-state index is 12.6. The van der Waals surface area contributed by atoms with Gasteiger partial charge in [0.25, 0.3) is 0 Å². The highest BCUT2D eigenvalue weighted by Gasteiger charge is 2.55. The van der Waals surface area contributed by atoms with Gasteiger partial charge in [-0.25, -0.2) is 0 Å². The molecule has 2 aromatic rings. The Morgan fingerprint density at radius 3 is 2.39 bits per heavy atom. The third kappa shape index (κ3) is 2.11. The molecule has 0 saturated carbocycles. The summed E-state index contributed by atoms with van der Waals surface area (Å²) in [6.07, 6.45) is 0.216. The van der Waals surface area contributed by atoms with Crippen LogP contribution in [0.4, 0.5) is 0 Å². The first kappa shape index (κ1) is 15.5. The number of esters is 2. The molecule has 1 aliphatic heterocycles. The van der Waals surface area contributed by atoms with Gasteiger partial charge in [-0.2, -0.15) is 0 Å². The van der Waals surface area contributed by atoms with E-state index in [1.807, 2.05) is 5.38 Å². The van der Waals surface area contributed by atoms with E-state index < -0.39 is 17.4 Å². The highest BCUT2D eigenvalue weighted by atomic mass is 32.1. The molecule has 0 atom stereocenters. The molecular weight excluding hydrogens is 318 g/mol. The first-order valence-corrected chi connectivity index (χ1v) is 7.89. The molecule has 0 N–H and O–H groups in total. The van der Waals surface area contributed by atoms with Crippen molar-refractivity contribution in [3.8, 4) is 0 Å². The number of carbonyl (C=O) groups is 3. The van der Waals surface area contributed by atoms with Crippen molar-refractivity contribution in [3.63, 3.8) is 0 Å². The fourth-order valence-corrected chi connectivity index (χ4v) is 3.74. The third-order valence-electron chi connectivity index (χ3n) is 4.17. The molecule has 0 amide bonds. The van der Waals surface area contributed by atoms with Crippen molar-refractivity contribution in [1.82, 2.24) is 4.57 Å². The van der Waals surface area contributed by atoms with Crippen molar-refractivity contribution in [2.24, 2.45) is 0 Å². The molecule has 3 rings (SSSR count). The summed E-state index contributed by atoms with van der Waals surface area (Å²) < 4.78 is 11.4. The Bertz CT molecular complexity index is 759. The minimum atomic E-state index is -1.50. The summed E-state index contributed by atoms with van der Waals surface area (Å²) in [6, 6.07) is 6.81. The molecule has 1 aliphatic rings. The first-order chi connectivity index (χ1) is 11.1. The molecule has 6 nitrogen and oxygen atoms in total. The van der Waals surface area contributed by atoms with Crippen LogP contribution in [0.5, 0.6) is 0 Å². The molecule has 23 heavy (non-hydrogen) atoms. The van der Waals surface area contributed by atoms with E-state index in [0.717, 1.165) is 0 Å². The zero-order chi connectivity index (χ0) is 16.6. The number of methoxy groups -OCH3 is 2. The Morgan fingerprint density at radius 2 is 1.83 bits per heavy atom. The minimum absolute atomic E-state index is 0.128. The van der Waals surface area contributed by atoms with Crippen molar-refractivity contribution in [2.75, 3.05) is 14.2 Å². The molecule has 0 unspecified atom stereocenters. The van der Waals surface area contributed by atoms with Crippen LogP contribution in [-0.2, 0) is 31.0 Å². The van der Waals surface area contributed by atoms with Crippen molar-refractivity contribution >= 4 is 29.1 Å².